The molecule has 0 rings (SSSR count). The minimum atomic E-state index is 1.14. The molecule has 0 unspecified atom stereocenters. The van der Waals surface area contributed by atoms with Crippen LogP contribution in [0.25, 0.3) is 0 Å². The van der Waals surface area contributed by atoms with Gasteiger partial charge in [-0.15, -0.1) is 0 Å². The van der Waals surface area contributed by atoms with Crippen LogP contribution in [0.5, 0.6) is 0 Å². The van der Waals surface area contributed by atoms with Gasteiger partial charge in [-0.2, -0.15) is 0 Å². The van der Waals surface area contributed by atoms with E-state index in [9.17, 15) is 0 Å². The van der Waals surface area contributed by atoms with Crippen LogP contribution in [-0.2, 0) is 0 Å². The van der Waals surface area contributed by atoms with Gasteiger partial charge in [-0.1, -0.05) is 83.1 Å². The number of unbranched alkanes of at least 4 members (excludes halogenated alkanes) is 8. The summed E-state index contributed by atoms with van der Waals surface area (Å²) in [6.07, 6.45) is 22.6. The van der Waals surface area contributed by atoms with Crippen molar-refractivity contribution in [3.63, 3.8) is 0 Å². The maximum Gasteiger partial charge on any atom is -0.0348 e. The summed E-state index contributed by atoms with van der Waals surface area (Å²) in [5.74, 6) is 0. The molecule has 0 spiro atoms. The molecule has 0 saturated heterocycles. The van der Waals surface area contributed by atoms with Gasteiger partial charge < -0.3 is 0 Å². The van der Waals surface area contributed by atoms with Crippen molar-refractivity contribution in [1.29, 1.82) is 0 Å². The predicted molar refractivity (Wildman–Crippen MR) is 75.8 cm³/mol. The van der Waals surface area contributed by atoms with Crippen molar-refractivity contribution in [2.24, 2.45) is 0 Å². The Hall–Kier alpha value is -0.520. The van der Waals surface area contributed by atoms with E-state index in [1.807, 2.05) is 0 Å². The lowest BCUT2D eigenvalue weighted by Crippen LogP contribution is -1.79. The summed E-state index contributed by atoms with van der Waals surface area (Å²) < 4.78 is 0. The Morgan fingerprint density at radius 2 is 1.19 bits per heavy atom. The van der Waals surface area contributed by atoms with Gasteiger partial charge in [0.15, 0.2) is 0 Å². The van der Waals surface area contributed by atoms with Crippen LogP contribution in [0.4, 0.5) is 0 Å². The molecule has 0 atom stereocenters. The van der Waals surface area contributed by atoms with Gasteiger partial charge in [0.05, 0.1) is 0 Å². The molecule has 0 N–H and O–H groups in total. The lowest BCUT2D eigenvalue weighted by Gasteiger charge is -1.99. The highest BCUT2D eigenvalue weighted by Gasteiger charge is 1.89. The smallest absolute Gasteiger partial charge is 0.0348 e. The monoisotopic (exact) mass is 222 g/mol. The quantitative estimate of drug-likeness (QED) is 0.295. The number of hydrogen-bond acceptors (Lipinski definition) is 0. The standard InChI is InChI=1S/C16H30/c1-3-5-7-9-11-13-15-16-14-12-10-8-6-4-2/h5,7,9,11H,3-4,6,8,10,12-16H2,1-2H3/b7-5-,11-9+. The van der Waals surface area contributed by atoms with Crippen LogP contribution in [0.2, 0.25) is 0 Å². The average Bonchev–Trinajstić information content (AvgIpc) is 2.31. The molecule has 0 saturated carbocycles. The van der Waals surface area contributed by atoms with Gasteiger partial charge in [0.25, 0.3) is 0 Å². The van der Waals surface area contributed by atoms with Crippen LogP contribution in [-0.4, -0.2) is 0 Å². The topological polar surface area (TPSA) is 0 Å². The second kappa shape index (κ2) is 14.5. The fourth-order valence-corrected chi connectivity index (χ4v) is 1.79. The Labute approximate surface area is 103 Å². The number of allylic oxidation sites excluding steroid dienone is 4. The van der Waals surface area contributed by atoms with Crippen molar-refractivity contribution in [3.05, 3.63) is 24.3 Å². The zero-order valence-electron chi connectivity index (χ0n) is 11.4. The second-order valence-electron chi connectivity index (χ2n) is 4.53. The summed E-state index contributed by atoms with van der Waals surface area (Å²) in [7, 11) is 0. The third-order valence-electron chi connectivity index (χ3n) is 2.84. The van der Waals surface area contributed by atoms with E-state index >= 15 is 0 Å². The molecule has 0 fully saturated rings. The average molecular weight is 222 g/mol. The van der Waals surface area contributed by atoms with Gasteiger partial charge in [0, 0.05) is 0 Å². The fraction of sp³-hybridized carbons (Fsp3) is 0.750. The van der Waals surface area contributed by atoms with E-state index in [2.05, 4.69) is 38.2 Å². The molecule has 94 valence electrons. The zero-order valence-corrected chi connectivity index (χ0v) is 11.4. The molecule has 0 aromatic heterocycles. The molecule has 0 aliphatic carbocycles. The van der Waals surface area contributed by atoms with Crippen LogP contribution in [0.3, 0.4) is 0 Å². The first kappa shape index (κ1) is 15.5. The van der Waals surface area contributed by atoms with E-state index in [1.54, 1.807) is 0 Å². The van der Waals surface area contributed by atoms with Crippen LogP contribution in [0.1, 0.15) is 78.1 Å². The van der Waals surface area contributed by atoms with E-state index in [4.69, 9.17) is 0 Å². The lowest BCUT2D eigenvalue weighted by atomic mass is 10.1. The highest BCUT2D eigenvalue weighted by atomic mass is 14.0. The molecule has 0 aromatic rings. The molecular weight excluding hydrogens is 192 g/mol. The molecule has 0 aliphatic heterocycles. The zero-order chi connectivity index (χ0) is 11.9. The molecule has 0 aliphatic rings. The van der Waals surface area contributed by atoms with E-state index in [0.29, 0.717) is 0 Å². The third kappa shape index (κ3) is 13.5. The van der Waals surface area contributed by atoms with E-state index < -0.39 is 0 Å². The van der Waals surface area contributed by atoms with Crippen molar-refractivity contribution in [3.8, 4) is 0 Å². The van der Waals surface area contributed by atoms with Crippen molar-refractivity contribution < 1.29 is 0 Å². The van der Waals surface area contributed by atoms with Gasteiger partial charge >= 0.3 is 0 Å². The second-order valence-corrected chi connectivity index (χ2v) is 4.53. The highest BCUT2D eigenvalue weighted by molar-refractivity contribution is 5.01. The molecule has 0 radical (unpaired) electrons. The minimum Gasteiger partial charge on any atom is -0.0848 e. The summed E-state index contributed by atoms with van der Waals surface area (Å²) in [6.45, 7) is 4.45. The largest absolute Gasteiger partial charge is 0.0848 e. The number of hydrogen-bond donors (Lipinski definition) is 0. The van der Waals surface area contributed by atoms with Crippen molar-refractivity contribution in [1.82, 2.24) is 0 Å². The highest BCUT2D eigenvalue weighted by Crippen LogP contribution is 2.09. The van der Waals surface area contributed by atoms with E-state index in [1.165, 1.54) is 57.8 Å². The molecule has 16 heavy (non-hydrogen) atoms. The van der Waals surface area contributed by atoms with Crippen LogP contribution < -0.4 is 0 Å². The molecule has 0 nitrogen and oxygen atoms in total. The van der Waals surface area contributed by atoms with Crippen molar-refractivity contribution >= 4 is 0 Å². The molecule has 0 heterocycles. The predicted octanol–water partition coefficient (Wildman–Crippen LogP) is 6.04. The van der Waals surface area contributed by atoms with E-state index in [-0.39, 0.29) is 0 Å². The summed E-state index contributed by atoms with van der Waals surface area (Å²) in [5, 5.41) is 0. The molecule has 0 bridgehead atoms. The van der Waals surface area contributed by atoms with Gasteiger partial charge in [-0.3, -0.25) is 0 Å². The Bertz CT molecular complexity index is 165. The molecule has 0 aromatic carbocycles. The third-order valence-corrected chi connectivity index (χ3v) is 2.84. The summed E-state index contributed by atoms with van der Waals surface area (Å²) in [5.41, 5.74) is 0. The molecule has 0 heteroatoms. The maximum absolute atomic E-state index is 2.29. The maximum atomic E-state index is 2.29. The summed E-state index contributed by atoms with van der Waals surface area (Å²) in [4.78, 5) is 0. The van der Waals surface area contributed by atoms with Crippen molar-refractivity contribution in [2.45, 2.75) is 78.1 Å². The first-order valence-electron chi connectivity index (χ1n) is 7.23. The SMILES string of the molecule is CC/C=C\C=C\CCCCCCCCCC. The minimum absolute atomic E-state index is 1.14. The van der Waals surface area contributed by atoms with Crippen LogP contribution in [0.15, 0.2) is 24.3 Å². The van der Waals surface area contributed by atoms with Gasteiger partial charge in [0.2, 0.25) is 0 Å². The van der Waals surface area contributed by atoms with Gasteiger partial charge in [0.1, 0.15) is 0 Å². The number of rotatable bonds is 11. The Balaban J connectivity index is 3.03. The Morgan fingerprint density at radius 3 is 1.81 bits per heavy atom. The van der Waals surface area contributed by atoms with E-state index in [0.717, 1.165) is 6.42 Å². The normalized spacial score (nSPS) is 11.9. The fourth-order valence-electron chi connectivity index (χ4n) is 1.79. The first-order valence-corrected chi connectivity index (χ1v) is 7.23. The Morgan fingerprint density at radius 1 is 0.625 bits per heavy atom. The van der Waals surface area contributed by atoms with Crippen LogP contribution in [0, 0.1) is 0 Å². The molecular formula is C16H30. The summed E-state index contributed by atoms with van der Waals surface area (Å²) in [6, 6.07) is 0. The lowest BCUT2D eigenvalue weighted by molar-refractivity contribution is 0.577. The first-order chi connectivity index (χ1) is 7.91. The van der Waals surface area contributed by atoms with Crippen LogP contribution >= 0.6 is 0 Å². The van der Waals surface area contributed by atoms with Gasteiger partial charge in [-0.05, 0) is 19.3 Å². The summed E-state index contributed by atoms with van der Waals surface area (Å²) >= 11 is 0. The van der Waals surface area contributed by atoms with Crippen molar-refractivity contribution in [2.75, 3.05) is 0 Å². The van der Waals surface area contributed by atoms with Gasteiger partial charge in [-0.25, -0.2) is 0 Å². The molecule has 0 amide bonds. The Kier molecular flexibility index (Phi) is 14.0.